The number of aryl methyl sites for hydroxylation is 1. The van der Waals surface area contributed by atoms with Gasteiger partial charge in [-0.3, -0.25) is 14.5 Å². The van der Waals surface area contributed by atoms with E-state index in [9.17, 15) is 9.59 Å². The summed E-state index contributed by atoms with van der Waals surface area (Å²) in [5.41, 5.74) is 2.52. The fraction of sp³-hybridized carbons (Fsp3) is 0.333. The van der Waals surface area contributed by atoms with E-state index in [-0.39, 0.29) is 11.8 Å². The van der Waals surface area contributed by atoms with Crippen molar-refractivity contribution in [3.05, 3.63) is 71.3 Å². The van der Waals surface area contributed by atoms with Crippen LogP contribution in [0.4, 0.5) is 0 Å². The first kappa shape index (κ1) is 18.1. The third-order valence-electron chi connectivity index (χ3n) is 4.67. The quantitative estimate of drug-likeness (QED) is 0.898. The summed E-state index contributed by atoms with van der Waals surface area (Å²) >= 11 is 0. The smallest absolute Gasteiger partial charge is 0.253 e. The van der Waals surface area contributed by atoms with Gasteiger partial charge in [-0.2, -0.15) is 0 Å². The summed E-state index contributed by atoms with van der Waals surface area (Å²) in [6.45, 7) is 6.49. The second-order valence-electron chi connectivity index (χ2n) is 6.63. The van der Waals surface area contributed by atoms with Crippen molar-refractivity contribution in [3.63, 3.8) is 0 Å². The standard InChI is InChI=1S/C21H25N3O2/c1-17-6-5-9-19(16-17)20(25)22-10-11-23-12-14-24(15-13-23)21(26)18-7-3-2-4-8-18/h2-9,16H,10-15H2,1H3,(H,22,25). The van der Waals surface area contributed by atoms with E-state index in [1.165, 1.54) is 0 Å². The number of rotatable bonds is 5. The van der Waals surface area contributed by atoms with Gasteiger partial charge in [0.1, 0.15) is 0 Å². The fourth-order valence-electron chi connectivity index (χ4n) is 3.15. The molecule has 0 spiro atoms. The van der Waals surface area contributed by atoms with Crippen molar-refractivity contribution >= 4 is 11.8 Å². The lowest BCUT2D eigenvalue weighted by Crippen LogP contribution is -2.50. The van der Waals surface area contributed by atoms with Crippen LogP contribution in [0.15, 0.2) is 54.6 Å². The van der Waals surface area contributed by atoms with Crippen molar-refractivity contribution in [2.45, 2.75) is 6.92 Å². The molecule has 0 aliphatic carbocycles. The zero-order valence-corrected chi connectivity index (χ0v) is 15.1. The molecule has 0 radical (unpaired) electrons. The number of hydrogen-bond acceptors (Lipinski definition) is 3. The lowest BCUT2D eigenvalue weighted by atomic mass is 10.1. The molecule has 1 aliphatic heterocycles. The molecule has 5 heteroatoms. The minimum atomic E-state index is -0.0356. The predicted molar refractivity (Wildman–Crippen MR) is 102 cm³/mol. The van der Waals surface area contributed by atoms with Gasteiger partial charge in [-0.1, -0.05) is 35.9 Å². The predicted octanol–water partition coefficient (Wildman–Crippen LogP) is 2.18. The van der Waals surface area contributed by atoms with Gasteiger partial charge >= 0.3 is 0 Å². The topological polar surface area (TPSA) is 52.7 Å². The van der Waals surface area contributed by atoms with Gasteiger partial charge in [0.2, 0.25) is 0 Å². The molecule has 1 saturated heterocycles. The van der Waals surface area contributed by atoms with Crippen molar-refractivity contribution in [2.24, 2.45) is 0 Å². The van der Waals surface area contributed by atoms with Crippen molar-refractivity contribution < 1.29 is 9.59 Å². The average Bonchev–Trinajstić information content (AvgIpc) is 2.68. The molecule has 0 bridgehead atoms. The Morgan fingerprint density at radius 2 is 1.62 bits per heavy atom. The summed E-state index contributed by atoms with van der Waals surface area (Å²) in [6, 6.07) is 17.0. The first-order valence-electron chi connectivity index (χ1n) is 9.05. The second-order valence-corrected chi connectivity index (χ2v) is 6.63. The van der Waals surface area contributed by atoms with Gasteiger partial charge in [0, 0.05) is 50.4 Å². The maximum atomic E-state index is 12.4. The van der Waals surface area contributed by atoms with Crippen molar-refractivity contribution in [1.82, 2.24) is 15.1 Å². The van der Waals surface area contributed by atoms with Crippen LogP contribution in [0.1, 0.15) is 26.3 Å². The number of nitrogens with zero attached hydrogens (tertiary/aromatic N) is 2. The van der Waals surface area contributed by atoms with E-state index in [0.29, 0.717) is 12.1 Å². The minimum Gasteiger partial charge on any atom is -0.351 e. The largest absolute Gasteiger partial charge is 0.351 e. The van der Waals surface area contributed by atoms with E-state index >= 15 is 0 Å². The van der Waals surface area contributed by atoms with Crippen LogP contribution in [0.25, 0.3) is 0 Å². The lowest BCUT2D eigenvalue weighted by Gasteiger charge is -2.34. The molecule has 2 aromatic carbocycles. The van der Waals surface area contributed by atoms with E-state index in [1.807, 2.05) is 66.4 Å². The molecule has 1 fully saturated rings. The van der Waals surface area contributed by atoms with Crippen LogP contribution in [0, 0.1) is 6.92 Å². The number of carbonyl (C=O) groups excluding carboxylic acids is 2. The van der Waals surface area contributed by atoms with Crippen LogP contribution in [0.2, 0.25) is 0 Å². The summed E-state index contributed by atoms with van der Waals surface area (Å²) in [4.78, 5) is 28.8. The zero-order chi connectivity index (χ0) is 18.4. The van der Waals surface area contributed by atoms with Gasteiger partial charge in [0.15, 0.2) is 0 Å². The SMILES string of the molecule is Cc1cccc(C(=O)NCCN2CCN(C(=O)c3ccccc3)CC2)c1. The number of carbonyl (C=O) groups is 2. The van der Waals surface area contributed by atoms with Crippen LogP contribution in [-0.4, -0.2) is 60.9 Å². The van der Waals surface area contributed by atoms with Crippen molar-refractivity contribution in [3.8, 4) is 0 Å². The summed E-state index contributed by atoms with van der Waals surface area (Å²) in [6.07, 6.45) is 0. The fourth-order valence-corrected chi connectivity index (χ4v) is 3.15. The maximum absolute atomic E-state index is 12.4. The number of amides is 2. The summed E-state index contributed by atoms with van der Waals surface area (Å²) in [5, 5.41) is 2.97. The molecule has 3 rings (SSSR count). The van der Waals surface area contributed by atoms with E-state index in [0.717, 1.165) is 43.9 Å². The van der Waals surface area contributed by atoms with E-state index in [1.54, 1.807) is 0 Å². The van der Waals surface area contributed by atoms with Gasteiger partial charge in [0.25, 0.3) is 11.8 Å². The molecule has 1 N–H and O–H groups in total. The third kappa shape index (κ3) is 4.70. The van der Waals surface area contributed by atoms with Gasteiger partial charge in [-0.05, 0) is 31.2 Å². The van der Waals surface area contributed by atoms with Crippen molar-refractivity contribution in [2.75, 3.05) is 39.3 Å². The molecule has 0 atom stereocenters. The van der Waals surface area contributed by atoms with Crippen LogP contribution in [0.3, 0.4) is 0 Å². The van der Waals surface area contributed by atoms with E-state index in [4.69, 9.17) is 0 Å². The van der Waals surface area contributed by atoms with Crippen LogP contribution in [0.5, 0.6) is 0 Å². The van der Waals surface area contributed by atoms with Gasteiger partial charge in [0.05, 0.1) is 0 Å². The van der Waals surface area contributed by atoms with E-state index < -0.39 is 0 Å². The lowest BCUT2D eigenvalue weighted by molar-refractivity contribution is 0.0638. The minimum absolute atomic E-state index is 0.0356. The molecule has 26 heavy (non-hydrogen) atoms. The highest BCUT2D eigenvalue weighted by atomic mass is 16.2. The average molecular weight is 351 g/mol. The van der Waals surface area contributed by atoms with Crippen molar-refractivity contribution in [1.29, 1.82) is 0 Å². The second kappa shape index (κ2) is 8.63. The van der Waals surface area contributed by atoms with Gasteiger partial charge in [-0.25, -0.2) is 0 Å². The molecule has 0 aromatic heterocycles. The molecule has 1 aliphatic rings. The molecule has 5 nitrogen and oxygen atoms in total. The molecule has 0 unspecified atom stereocenters. The summed E-state index contributed by atoms with van der Waals surface area (Å²) in [7, 11) is 0. The monoisotopic (exact) mass is 351 g/mol. The van der Waals surface area contributed by atoms with E-state index in [2.05, 4.69) is 10.2 Å². The highest BCUT2D eigenvalue weighted by Crippen LogP contribution is 2.08. The molecule has 2 amide bonds. The Bertz CT molecular complexity index is 753. The normalized spacial score (nSPS) is 14.9. The molecule has 2 aromatic rings. The molecular weight excluding hydrogens is 326 g/mol. The first-order valence-corrected chi connectivity index (χ1v) is 9.05. The Balaban J connectivity index is 1.40. The molecular formula is C21H25N3O2. The van der Waals surface area contributed by atoms with Crippen LogP contribution in [-0.2, 0) is 0 Å². The Hall–Kier alpha value is -2.66. The molecule has 136 valence electrons. The highest BCUT2D eigenvalue weighted by Gasteiger charge is 2.21. The number of benzene rings is 2. The number of nitrogens with one attached hydrogen (secondary N) is 1. The number of hydrogen-bond donors (Lipinski definition) is 1. The molecule has 1 heterocycles. The van der Waals surface area contributed by atoms with Crippen LogP contribution < -0.4 is 5.32 Å². The summed E-state index contributed by atoms with van der Waals surface area (Å²) < 4.78 is 0. The maximum Gasteiger partial charge on any atom is 0.253 e. The van der Waals surface area contributed by atoms with Gasteiger partial charge < -0.3 is 10.2 Å². The Kier molecular flexibility index (Phi) is 6.02. The van der Waals surface area contributed by atoms with Crippen LogP contribution >= 0.6 is 0 Å². The van der Waals surface area contributed by atoms with Gasteiger partial charge in [-0.15, -0.1) is 0 Å². The first-order chi connectivity index (χ1) is 12.6. The third-order valence-corrected chi connectivity index (χ3v) is 4.67. The Labute approximate surface area is 154 Å². The number of piperazine rings is 1. The Morgan fingerprint density at radius 1 is 0.923 bits per heavy atom. The molecule has 0 saturated carbocycles. The summed E-state index contributed by atoms with van der Waals surface area (Å²) in [5.74, 6) is 0.0598. The Morgan fingerprint density at radius 3 is 2.31 bits per heavy atom. The highest BCUT2D eigenvalue weighted by molar-refractivity contribution is 5.94. The zero-order valence-electron chi connectivity index (χ0n) is 15.1.